The maximum Gasteiger partial charge on any atom is 0.269 e. The van der Waals surface area contributed by atoms with E-state index in [0.717, 1.165) is 17.7 Å². The van der Waals surface area contributed by atoms with Crippen LogP contribution in [0.15, 0.2) is 59.1 Å². The second-order valence-corrected chi connectivity index (χ2v) is 6.07. The van der Waals surface area contributed by atoms with Crippen molar-refractivity contribution < 1.29 is 18.4 Å². The van der Waals surface area contributed by atoms with Gasteiger partial charge in [-0.3, -0.25) is 20.4 Å². The van der Waals surface area contributed by atoms with E-state index >= 15 is 0 Å². The van der Waals surface area contributed by atoms with Crippen LogP contribution in [0, 0.1) is 5.82 Å². The molecule has 0 saturated heterocycles. The van der Waals surface area contributed by atoms with Gasteiger partial charge in [0.1, 0.15) is 5.82 Å². The van der Waals surface area contributed by atoms with Gasteiger partial charge in [-0.25, -0.2) is 9.37 Å². The Hall–Kier alpha value is -3.19. The molecule has 0 spiro atoms. The monoisotopic (exact) mass is 387 g/mol. The third-order valence-electron chi connectivity index (χ3n) is 3.67. The van der Waals surface area contributed by atoms with Crippen molar-refractivity contribution in [1.82, 2.24) is 15.8 Å². The Balaban J connectivity index is 1.47. The summed E-state index contributed by atoms with van der Waals surface area (Å²) in [5, 5.41) is 0.623. The molecule has 2 amide bonds. The average Bonchev–Trinajstić information content (AvgIpc) is 3.14. The first-order chi connectivity index (χ1) is 13.0. The number of carbonyl (C=O) groups is 2. The second-order valence-electron chi connectivity index (χ2n) is 5.63. The van der Waals surface area contributed by atoms with E-state index in [0.29, 0.717) is 16.7 Å². The zero-order chi connectivity index (χ0) is 19.2. The molecule has 0 fully saturated rings. The first-order valence-corrected chi connectivity index (χ1v) is 8.44. The highest BCUT2D eigenvalue weighted by Gasteiger charge is 2.11. The normalized spacial score (nSPS) is 10.4. The molecule has 0 atom stereocenters. The number of rotatable bonds is 5. The summed E-state index contributed by atoms with van der Waals surface area (Å²) in [6.07, 6.45) is 1.92. The summed E-state index contributed by atoms with van der Waals surface area (Å²) >= 11 is 5.85. The molecule has 0 aliphatic carbocycles. The van der Waals surface area contributed by atoms with Crippen LogP contribution in [0.1, 0.15) is 22.7 Å². The summed E-state index contributed by atoms with van der Waals surface area (Å²) in [7, 11) is 0. The first-order valence-electron chi connectivity index (χ1n) is 8.06. The fourth-order valence-corrected chi connectivity index (χ4v) is 2.38. The Labute approximate surface area is 159 Å². The predicted octanol–water partition coefficient (Wildman–Crippen LogP) is 3.53. The fourth-order valence-electron chi connectivity index (χ4n) is 2.26. The molecule has 0 radical (unpaired) electrons. The fraction of sp³-hybridized carbons (Fsp3) is 0.105. The van der Waals surface area contributed by atoms with Gasteiger partial charge in [0, 0.05) is 29.0 Å². The van der Waals surface area contributed by atoms with Gasteiger partial charge in [0.05, 0.1) is 6.20 Å². The second kappa shape index (κ2) is 8.46. The molecule has 3 aromatic rings. The van der Waals surface area contributed by atoms with Crippen molar-refractivity contribution in [3.8, 4) is 11.3 Å². The third-order valence-corrected chi connectivity index (χ3v) is 3.92. The molecule has 6 nitrogen and oxygen atoms in total. The van der Waals surface area contributed by atoms with E-state index in [9.17, 15) is 14.0 Å². The van der Waals surface area contributed by atoms with Crippen LogP contribution in [0.25, 0.3) is 11.3 Å². The molecular weight excluding hydrogens is 373 g/mol. The molecule has 0 bridgehead atoms. The van der Waals surface area contributed by atoms with Crippen LogP contribution in [-0.4, -0.2) is 16.8 Å². The molecule has 8 heteroatoms. The highest BCUT2D eigenvalue weighted by molar-refractivity contribution is 6.30. The molecule has 2 N–H and O–H groups in total. The van der Waals surface area contributed by atoms with Gasteiger partial charge in [0.15, 0.2) is 11.7 Å². The third kappa shape index (κ3) is 5.15. The van der Waals surface area contributed by atoms with E-state index in [4.69, 9.17) is 16.0 Å². The van der Waals surface area contributed by atoms with Crippen LogP contribution in [0.3, 0.4) is 0 Å². The number of halogens is 2. The van der Waals surface area contributed by atoms with E-state index in [1.165, 1.54) is 12.1 Å². The molecule has 0 aliphatic rings. The minimum atomic E-state index is -0.538. The van der Waals surface area contributed by atoms with Gasteiger partial charge < -0.3 is 4.42 Å². The minimum Gasteiger partial charge on any atom is -0.441 e. The molecule has 0 unspecified atom stereocenters. The number of nitrogens with one attached hydrogen (secondary N) is 2. The molecule has 0 aliphatic heterocycles. The minimum absolute atomic E-state index is 0.0737. The van der Waals surface area contributed by atoms with Crippen molar-refractivity contribution in [3.05, 3.63) is 77.0 Å². The lowest BCUT2D eigenvalue weighted by atomic mass is 10.2. The van der Waals surface area contributed by atoms with Crippen LogP contribution < -0.4 is 10.9 Å². The molecule has 27 heavy (non-hydrogen) atoms. The number of hydrogen-bond acceptors (Lipinski definition) is 4. The summed E-state index contributed by atoms with van der Waals surface area (Å²) in [5.74, 6) is -0.410. The smallest absolute Gasteiger partial charge is 0.269 e. The highest BCUT2D eigenvalue weighted by Crippen LogP contribution is 2.22. The van der Waals surface area contributed by atoms with E-state index < -0.39 is 17.6 Å². The number of aromatic nitrogens is 1. The van der Waals surface area contributed by atoms with Crippen LogP contribution in [-0.2, 0) is 11.2 Å². The molecule has 1 heterocycles. The largest absolute Gasteiger partial charge is 0.441 e. The summed E-state index contributed by atoms with van der Waals surface area (Å²) in [4.78, 5) is 27.8. The average molecular weight is 388 g/mol. The van der Waals surface area contributed by atoms with Crippen molar-refractivity contribution >= 4 is 23.4 Å². The lowest BCUT2D eigenvalue weighted by Crippen LogP contribution is -2.41. The number of amides is 2. The van der Waals surface area contributed by atoms with E-state index in [2.05, 4.69) is 15.8 Å². The quantitative estimate of drug-likeness (QED) is 0.656. The Morgan fingerprint density at radius 2 is 1.74 bits per heavy atom. The van der Waals surface area contributed by atoms with Gasteiger partial charge in [-0.15, -0.1) is 0 Å². The molecule has 2 aromatic carbocycles. The molecule has 0 saturated carbocycles. The lowest BCUT2D eigenvalue weighted by molar-refractivity contribution is -0.121. The Morgan fingerprint density at radius 3 is 2.44 bits per heavy atom. The van der Waals surface area contributed by atoms with Crippen LogP contribution in [0.4, 0.5) is 4.39 Å². The van der Waals surface area contributed by atoms with Crippen molar-refractivity contribution in [2.24, 2.45) is 0 Å². The first kappa shape index (κ1) is 18.6. The number of hydrazine groups is 1. The number of carbonyl (C=O) groups excluding carboxylic acids is 2. The van der Waals surface area contributed by atoms with Crippen LogP contribution >= 0.6 is 11.6 Å². The SMILES string of the molecule is O=C(CCc1ncc(-c2ccc(Cl)cc2)o1)NNC(=O)c1ccc(F)cc1. The summed E-state index contributed by atoms with van der Waals surface area (Å²) in [6, 6.07) is 12.1. The van der Waals surface area contributed by atoms with Crippen molar-refractivity contribution in [1.29, 1.82) is 0 Å². The number of nitrogens with zero attached hydrogens (tertiary/aromatic N) is 1. The van der Waals surface area contributed by atoms with Crippen molar-refractivity contribution in [2.75, 3.05) is 0 Å². The highest BCUT2D eigenvalue weighted by atomic mass is 35.5. The van der Waals surface area contributed by atoms with Gasteiger partial charge in [-0.05, 0) is 48.5 Å². The van der Waals surface area contributed by atoms with Crippen LogP contribution in [0.2, 0.25) is 5.02 Å². The summed E-state index contributed by atoms with van der Waals surface area (Å²) in [5.41, 5.74) is 5.62. The number of hydrogen-bond donors (Lipinski definition) is 2. The maximum atomic E-state index is 12.8. The van der Waals surface area contributed by atoms with Crippen molar-refractivity contribution in [2.45, 2.75) is 12.8 Å². The molecule has 138 valence electrons. The van der Waals surface area contributed by atoms with Gasteiger partial charge in [0.2, 0.25) is 5.91 Å². The number of aryl methyl sites for hydroxylation is 1. The van der Waals surface area contributed by atoms with E-state index in [-0.39, 0.29) is 18.4 Å². The summed E-state index contributed by atoms with van der Waals surface area (Å²) < 4.78 is 18.4. The number of benzene rings is 2. The molecule has 1 aromatic heterocycles. The standard InChI is InChI=1S/C19H15ClFN3O3/c20-14-5-1-12(2-6-14)16-11-22-18(27-16)10-9-17(25)23-24-19(26)13-3-7-15(21)8-4-13/h1-8,11H,9-10H2,(H,23,25)(H,24,26). The summed E-state index contributed by atoms with van der Waals surface area (Å²) in [6.45, 7) is 0. The van der Waals surface area contributed by atoms with E-state index in [1.807, 2.05) is 12.1 Å². The number of oxazole rings is 1. The Kier molecular flexibility index (Phi) is 5.83. The van der Waals surface area contributed by atoms with Crippen molar-refractivity contribution in [3.63, 3.8) is 0 Å². The predicted molar refractivity (Wildman–Crippen MR) is 97.3 cm³/mol. The van der Waals surface area contributed by atoms with Gasteiger partial charge in [0.25, 0.3) is 5.91 Å². The maximum absolute atomic E-state index is 12.8. The van der Waals surface area contributed by atoms with Crippen LogP contribution in [0.5, 0.6) is 0 Å². The van der Waals surface area contributed by atoms with Gasteiger partial charge >= 0.3 is 0 Å². The van der Waals surface area contributed by atoms with E-state index in [1.54, 1.807) is 18.3 Å². The molecule has 3 rings (SSSR count). The Bertz CT molecular complexity index is 940. The Morgan fingerprint density at radius 1 is 1.04 bits per heavy atom. The topological polar surface area (TPSA) is 84.2 Å². The van der Waals surface area contributed by atoms with Gasteiger partial charge in [-0.1, -0.05) is 11.6 Å². The lowest BCUT2D eigenvalue weighted by Gasteiger charge is -2.06. The zero-order valence-electron chi connectivity index (χ0n) is 14.0. The molecular formula is C19H15ClFN3O3. The van der Waals surface area contributed by atoms with Gasteiger partial charge in [-0.2, -0.15) is 0 Å². The zero-order valence-corrected chi connectivity index (χ0v) is 14.8.